The van der Waals surface area contributed by atoms with Crippen LogP contribution in [0.2, 0.25) is 5.02 Å². The highest BCUT2D eigenvalue weighted by Crippen LogP contribution is 2.31. The Morgan fingerprint density at radius 2 is 1.83 bits per heavy atom. The van der Waals surface area contributed by atoms with E-state index in [1.54, 1.807) is 24.0 Å². The normalized spacial score (nSPS) is 14.9. The fourth-order valence-electron chi connectivity index (χ4n) is 4.43. The van der Waals surface area contributed by atoms with Crippen LogP contribution in [0.25, 0.3) is 10.9 Å². The summed E-state index contributed by atoms with van der Waals surface area (Å²) in [7, 11) is 1.47. The van der Waals surface area contributed by atoms with Gasteiger partial charge in [-0.25, -0.2) is 13.6 Å². The van der Waals surface area contributed by atoms with E-state index in [0.29, 0.717) is 43.5 Å². The Labute approximate surface area is 210 Å². The fraction of sp³-hybridized carbons (Fsp3) is 0.320. The number of pyridine rings is 1. The van der Waals surface area contributed by atoms with Crippen molar-refractivity contribution < 1.29 is 23.5 Å². The summed E-state index contributed by atoms with van der Waals surface area (Å²) in [5.74, 6) is -3.23. The number of piperazine rings is 1. The summed E-state index contributed by atoms with van der Waals surface area (Å²) < 4.78 is 32.2. The van der Waals surface area contributed by atoms with Crippen LogP contribution in [0.5, 0.6) is 0 Å². The van der Waals surface area contributed by atoms with Gasteiger partial charge in [-0.3, -0.25) is 9.69 Å². The molecule has 11 heteroatoms. The second-order valence-electron chi connectivity index (χ2n) is 8.37. The predicted octanol–water partition coefficient (Wildman–Crippen LogP) is 3.82. The van der Waals surface area contributed by atoms with E-state index >= 15 is 8.78 Å². The maximum Gasteiger partial charge on any atom is 0.341 e. The minimum Gasteiger partial charge on any atom is -0.477 e. The zero-order valence-corrected chi connectivity index (χ0v) is 20.6. The molecular weight excluding hydrogens is 494 g/mol. The molecule has 4 rings (SSSR count). The van der Waals surface area contributed by atoms with Gasteiger partial charge in [-0.1, -0.05) is 28.9 Å². The lowest BCUT2D eigenvalue weighted by Crippen LogP contribution is -2.48. The van der Waals surface area contributed by atoms with Gasteiger partial charge in [0.2, 0.25) is 5.43 Å². The summed E-state index contributed by atoms with van der Waals surface area (Å²) >= 11 is 5.98. The molecule has 0 spiro atoms. The Morgan fingerprint density at radius 3 is 2.42 bits per heavy atom. The fourth-order valence-corrected chi connectivity index (χ4v) is 4.56. The minimum atomic E-state index is -1.44. The van der Waals surface area contributed by atoms with E-state index in [9.17, 15) is 14.7 Å². The lowest BCUT2D eigenvalue weighted by Gasteiger charge is -2.36. The zero-order chi connectivity index (χ0) is 26.0. The standard InChI is InChI=1S/C25H25ClF2N4O4/c1-3-31-13-18(25(34)35)24(33)17-12-19(27)23(21(28)22(17)31)32-10-8-30(9-11-32)14-20(29-36-2)15-4-6-16(26)7-5-15/h4-7,12-13H,3,8-11,14H2,1-2H3,(H,34,35)/b29-20+. The first kappa shape index (κ1) is 25.6. The second-order valence-corrected chi connectivity index (χ2v) is 8.81. The topological polar surface area (TPSA) is 87.4 Å². The first-order valence-electron chi connectivity index (χ1n) is 11.4. The number of hydrogen-bond acceptors (Lipinski definition) is 6. The molecule has 1 aliphatic rings. The monoisotopic (exact) mass is 518 g/mol. The number of oxime groups is 1. The van der Waals surface area contributed by atoms with Crippen LogP contribution in [-0.4, -0.2) is 66.1 Å². The smallest absolute Gasteiger partial charge is 0.341 e. The number of carboxylic acids is 1. The second kappa shape index (κ2) is 10.6. The number of aromatic carboxylic acids is 1. The summed E-state index contributed by atoms with van der Waals surface area (Å²) in [6.45, 7) is 4.06. The van der Waals surface area contributed by atoms with Crippen molar-refractivity contribution in [1.82, 2.24) is 9.47 Å². The number of hydrogen-bond donors (Lipinski definition) is 1. The first-order valence-corrected chi connectivity index (χ1v) is 11.7. The Kier molecular flexibility index (Phi) is 7.56. The van der Waals surface area contributed by atoms with E-state index in [4.69, 9.17) is 16.4 Å². The lowest BCUT2D eigenvalue weighted by atomic mass is 10.1. The molecular formula is C25H25ClF2N4O4. The molecule has 0 bridgehead atoms. The molecule has 0 unspecified atom stereocenters. The maximum atomic E-state index is 15.7. The molecule has 36 heavy (non-hydrogen) atoms. The molecule has 1 aliphatic heterocycles. The van der Waals surface area contributed by atoms with Gasteiger partial charge in [-0.2, -0.15) is 0 Å². The van der Waals surface area contributed by atoms with Crippen molar-refractivity contribution in [3.63, 3.8) is 0 Å². The average molecular weight is 519 g/mol. The van der Waals surface area contributed by atoms with Crippen LogP contribution < -0.4 is 10.3 Å². The number of nitrogens with zero attached hydrogens (tertiary/aromatic N) is 4. The Balaban J connectivity index is 1.59. The van der Waals surface area contributed by atoms with Gasteiger partial charge in [0.1, 0.15) is 29.9 Å². The average Bonchev–Trinajstić information content (AvgIpc) is 2.85. The van der Waals surface area contributed by atoms with Gasteiger partial charge >= 0.3 is 5.97 Å². The molecule has 1 aromatic heterocycles. The molecule has 190 valence electrons. The highest BCUT2D eigenvalue weighted by atomic mass is 35.5. The third-order valence-corrected chi connectivity index (χ3v) is 6.49. The molecule has 0 radical (unpaired) electrons. The number of anilines is 1. The maximum absolute atomic E-state index is 15.7. The van der Waals surface area contributed by atoms with Crippen molar-refractivity contribution in [2.75, 3.05) is 44.7 Å². The van der Waals surface area contributed by atoms with E-state index < -0.39 is 28.6 Å². The Bertz CT molecular complexity index is 1380. The molecule has 0 atom stereocenters. The van der Waals surface area contributed by atoms with Crippen LogP contribution in [0.4, 0.5) is 14.5 Å². The van der Waals surface area contributed by atoms with E-state index in [0.717, 1.165) is 17.8 Å². The molecule has 0 amide bonds. The van der Waals surface area contributed by atoms with Gasteiger partial charge in [0.25, 0.3) is 0 Å². The molecule has 1 N–H and O–H groups in total. The molecule has 1 saturated heterocycles. The highest BCUT2D eigenvalue weighted by Gasteiger charge is 2.27. The van der Waals surface area contributed by atoms with Crippen LogP contribution in [0.3, 0.4) is 0 Å². The number of aromatic nitrogens is 1. The highest BCUT2D eigenvalue weighted by molar-refractivity contribution is 6.30. The van der Waals surface area contributed by atoms with Gasteiger partial charge in [0.15, 0.2) is 5.82 Å². The number of halogens is 3. The Morgan fingerprint density at radius 1 is 1.17 bits per heavy atom. The molecule has 0 saturated carbocycles. The number of fused-ring (bicyclic) bond motifs is 1. The van der Waals surface area contributed by atoms with Crippen molar-refractivity contribution >= 4 is 39.9 Å². The van der Waals surface area contributed by atoms with Crippen LogP contribution >= 0.6 is 11.6 Å². The van der Waals surface area contributed by atoms with Crippen LogP contribution in [0.1, 0.15) is 22.8 Å². The quantitative estimate of drug-likeness (QED) is 0.378. The summed E-state index contributed by atoms with van der Waals surface area (Å²) in [4.78, 5) is 32.7. The SMILES string of the molecule is CCn1cc(C(=O)O)c(=O)c2cc(F)c(N3CCN(C/C(=N\OC)c4ccc(Cl)cc4)CC3)c(F)c21. The summed E-state index contributed by atoms with van der Waals surface area (Å²) in [5.41, 5.74) is -0.221. The molecule has 1 fully saturated rings. The van der Waals surface area contributed by atoms with Crippen molar-refractivity contribution in [3.05, 3.63) is 74.5 Å². The van der Waals surface area contributed by atoms with Gasteiger partial charge in [-0.15, -0.1) is 0 Å². The largest absolute Gasteiger partial charge is 0.477 e. The van der Waals surface area contributed by atoms with Gasteiger partial charge < -0.3 is 19.4 Å². The van der Waals surface area contributed by atoms with E-state index in [2.05, 4.69) is 10.1 Å². The summed E-state index contributed by atoms with van der Waals surface area (Å²) in [6.07, 6.45) is 1.10. The van der Waals surface area contributed by atoms with Crippen LogP contribution in [-0.2, 0) is 11.4 Å². The molecule has 3 aromatic rings. The van der Waals surface area contributed by atoms with Gasteiger partial charge in [-0.05, 0) is 25.1 Å². The van der Waals surface area contributed by atoms with E-state index in [-0.39, 0.29) is 23.1 Å². The van der Waals surface area contributed by atoms with Gasteiger partial charge in [0.05, 0.1) is 10.9 Å². The third-order valence-electron chi connectivity index (χ3n) is 6.24. The van der Waals surface area contributed by atoms with Crippen molar-refractivity contribution in [2.45, 2.75) is 13.5 Å². The summed E-state index contributed by atoms with van der Waals surface area (Å²) in [6, 6.07) is 8.16. The molecule has 2 heterocycles. The number of carbonyl (C=O) groups is 1. The molecule has 8 nitrogen and oxygen atoms in total. The van der Waals surface area contributed by atoms with Gasteiger partial charge in [0, 0.05) is 56.1 Å². The number of aryl methyl sites for hydroxylation is 1. The van der Waals surface area contributed by atoms with Crippen molar-refractivity contribution in [1.29, 1.82) is 0 Å². The number of carboxylic acid groups (broad SMARTS) is 1. The van der Waals surface area contributed by atoms with Crippen LogP contribution in [0.15, 0.2) is 46.5 Å². The van der Waals surface area contributed by atoms with E-state index in [1.807, 2.05) is 12.1 Å². The minimum absolute atomic E-state index is 0.108. The van der Waals surface area contributed by atoms with Crippen molar-refractivity contribution in [3.8, 4) is 0 Å². The number of rotatable bonds is 7. The van der Waals surface area contributed by atoms with E-state index in [1.165, 1.54) is 11.7 Å². The summed E-state index contributed by atoms with van der Waals surface area (Å²) in [5, 5.41) is 13.8. The van der Waals surface area contributed by atoms with Crippen LogP contribution in [0, 0.1) is 11.6 Å². The predicted molar refractivity (Wildman–Crippen MR) is 134 cm³/mol. The number of benzene rings is 2. The Hall–Kier alpha value is -3.50. The molecule has 0 aliphatic carbocycles. The van der Waals surface area contributed by atoms with Crippen molar-refractivity contribution in [2.24, 2.45) is 5.16 Å². The zero-order valence-electron chi connectivity index (χ0n) is 19.8. The third kappa shape index (κ3) is 4.91. The molecule has 2 aromatic carbocycles. The first-order chi connectivity index (χ1) is 17.2. The lowest BCUT2D eigenvalue weighted by molar-refractivity contribution is 0.0694.